The quantitative estimate of drug-likeness (QED) is 0.875. The van der Waals surface area contributed by atoms with Crippen LogP contribution < -0.4 is 10.2 Å². The van der Waals surface area contributed by atoms with Crippen LogP contribution in [0.1, 0.15) is 23.5 Å². The van der Waals surface area contributed by atoms with E-state index in [4.69, 9.17) is 0 Å². The summed E-state index contributed by atoms with van der Waals surface area (Å²) in [6.07, 6.45) is 7.58. The number of thiophene rings is 1. The molecule has 0 radical (unpaired) electrons. The second-order valence-electron chi connectivity index (χ2n) is 6.01. The lowest BCUT2D eigenvalue weighted by molar-refractivity contribution is 0.0836. The lowest BCUT2D eigenvalue weighted by Gasteiger charge is -2.38. The number of nitrogens with zero attached hydrogens (tertiary/aromatic N) is 3. The third kappa shape index (κ3) is 1.98. The molecule has 0 aromatic carbocycles. The number of rotatable bonds is 1. The molecule has 0 saturated carbocycles. The summed E-state index contributed by atoms with van der Waals surface area (Å²) in [7, 11) is 1.84. The molecule has 0 aliphatic carbocycles. The number of likely N-dealkylation sites (N-methyl/N-ethyl adjacent to an activating group) is 1. The molecule has 4 rings (SSSR count). The number of nitrogens with one attached hydrogen (secondary N) is 1. The average molecular weight is 326 g/mol. The number of fused-ring (bicyclic) bond motifs is 4. The van der Waals surface area contributed by atoms with Crippen LogP contribution in [0.25, 0.3) is 10.2 Å². The first-order valence-corrected chi connectivity index (χ1v) is 8.48. The molecular weight excluding hydrogens is 308 g/mol. The number of aromatic nitrogens is 1. The van der Waals surface area contributed by atoms with Crippen LogP contribution in [0.5, 0.6) is 0 Å². The van der Waals surface area contributed by atoms with Crippen molar-refractivity contribution in [2.24, 2.45) is 0 Å². The minimum absolute atomic E-state index is 0.0273. The normalized spacial score (nSPS) is 20.3. The first-order chi connectivity index (χ1) is 11.1. The number of anilines is 1. The maximum atomic E-state index is 13.0. The Bertz CT molecular complexity index is 851. The number of carbonyl (C=O) groups excluding carboxylic acids is 1. The van der Waals surface area contributed by atoms with E-state index in [1.54, 1.807) is 11.1 Å². The Morgan fingerprint density at radius 1 is 1.39 bits per heavy atom. The van der Waals surface area contributed by atoms with Crippen LogP contribution in [0.4, 0.5) is 5.69 Å². The van der Waals surface area contributed by atoms with Gasteiger partial charge >= 0.3 is 0 Å². The van der Waals surface area contributed by atoms with Gasteiger partial charge in [-0.05, 0) is 44.3 Å². The first kappa shape index (κ1) is 14.3. The van der Waals surface area contributed by atoms with Crippen molar-refractivity contribution in [1.82, 2.24) is 15.2 Å². The monoisotopic (exact) mass is 326 g/mol. The smallest absolute Gasteiger partial charge is 0.270 e. The highest BCUT2D eigenvalue weighted by molar-refractivity contribution is 7.21. The predicted octanol–water partition coefficient (Wildman–Crippen LogP) is 2.92. The Morgan fingerprint density at radius 2 is 2.22 bits per heavy atom. The molecule has 0 spiro atoms. The van der Waals surface area contributed by atoms with Crippen LogP contribution in [-0.2, 0) is 0 Å². The zero-order valence-electron chi connectivity index (χ0n) is 13.3. The van der Waals surface area contributed by atoms with Gasteiger partial charge in [-0.25, -0.2) is 0 Å². The van der Waals surface area contributed by atoms with Gasteiger partial charge in [0.05, 0.1) is 16.1 Å². The highest BCUT2D eigenvalue weighted by Crippen LogP contribution is 2.42. The molecule has 5 nitrogen and oxygen atoms in total. The summed E-state index contributed by atoms with van der Waals surface area (Å²) in [6.45, 7) is 4.28. The van der Waals surface area contributed by atoms with Crippen molar-refractivity contribution in [2.75, 3.05) is 11.9 Å². The van der Waals surface area contributed by atoms with Crippen LogP contribution in [0, 0.1) is 0 Å². The second kappa shape index (κ2) is 5.09. The molecule has 0 bridgehead atoms. The van der Waals surface area contributed by atoms with Crippen LogP contribution in [0.15, 0.2) is 42.4 Å². The molecule has 2 aliphatic heterocycles. The summed E-state index contributed by atoms with van der Waals surface area (Å²) in [5.74, 6) is 0.0273. The van der Waals surface area contributed by atoms with E-state index >= 15 is 0 Å². The van der Waals surface area contributed by atoms with E-state index in [0.717, 1.165) is 26.5 Å². The molecule has 2 aromatic heterocycles. The predicted molar refractivity (Wildman–Crippen MR) is 93.5 cm³/mol. The largest absolute Gasteiger partial charge is 0.366 e. The topological polar surface area (TPSA) is 48.5 Å². The molecule has 2 aliphatic rings. The Hall–Kier alpha value is -2.34. The van der Waals surface area contributed by atoms with Crippen LogP contribution in [0.3, 0.4) is 0 Å². The van der Waals surface area contributed by atoms with Gasteiger partial charge < -0.3 is 15.1 Å². The molecule has 6 heteroatoms. The highest BCUT2D eigenvalue weighted by atomic mass is 32.1. The van der Waals surface area contributed by atoms with E-state index in [-0.39, 0.29) is 18.1 Å². The van der Waals surface area contributed by atoms with Gasteiger partial charge in [0.25, 0.3) is 5.91 Å². The minimum atomic E-state index is -0.0741. The van der Waals surface area contributed by atoms with E-state index < -0.39 is 0 Å². The lowest BCUT2D eigenvalue weighted by atomic mass is 10.1. The van der Waals surface area contributed by atoms with Crippen molar-refractivity contribution < 1.29 is 4.79 Å². The molecule has 1 amide bonds. The fourth-order valence-corrected chi connectivity index (χ4v) is 4.38. The number of pyridine rings is 1. The molecular formula is C17H18N4OS. The summed E-state index contributed by atoms with van der Waals surface area (Å²) < 4.78 is 1.05. The summed E-state index contributed by atoms with van der Waals surface area (Å²) in [5, 5.41) is 3.40. The van der Waals surface area contributed by atoms with E-state index in [2.05, 4.69) is 29.0 Å². The van der Waals surface area contributed by atoms with E-state index in [1.165, 1.54) is 11.3 Å². The van der Waals surface area contributed by atoms with E-state index in [0.29, 0.717) is 0 Å². The van der Waals surface area contributed by atoms with Gasteiger partial charge in [0, 0.05) is 19.3 Å². The van der Waals surface area contributed by atoms with Gasteiger partial charge in [0.15, 0.2) is 0 Å². The van der Waals surface area contributed by atoms with Crippen molar-refractivity contribution in [3.8, 4) is 0 Å². The fraction of sp³-hybridized carbons (Fsp3) is 0.294. The highest BCUT2D eigenvalue weighted by Gasteiger charge is 2.39. The first-order valence-electron chi connectivity index (χ1n) is 7.66. The van der Waals surface area contributed by atoms with Gasteiger partial charge in [0.2, 0.25) is 0 Å². The summed E-state index contributed by atoms with van der Waals surface area (Å²) in [4.78, 5) is 22.3. The average Bonchev–Trinajstić information content (AvgIpc) is 2.89. The Labute approximate surface area is 138 Å². The zero-order chi connectivity index (χ0) is 16.1. The van der Waals surface area contributed by atoms with Crippen LogP contribution in [0.2, 0.25) is 0 Å². The maximum Gasteiger partial charge on any atom is 0.270 e. The SMILES string of the molecule is CC(C)N1c2c(sc3cccnc23)C(=O)N(C)C2=CC=CNC21. The van der Waals surface area contributed by atoms with E-state index in [1.807, 2.05) is 37.5 Å². The number of dihydropyridines is 1. The van der Waals surface area contributed by atoms with Gasteiger partial charge in [-0.3, -0.25) is 9.78 Å². The zero-order valence-corrected chi connectivity index (χ0v) is 14.1. The third-order valence-corrected chi connectivity index (χ3v) is 5.42. The van der Waals surface area contributed by atoms with Gasteiger partial charge in [-0.2, -0.15) is 0 Å². The number of carbonyl (C=O) groups is 1. The summed E-state index contributed by atoms with van der Waals surface area (Å²) >= 11 is 1.52. The van der Waals surface area contributed by atoms with Crippen molar-refractivity contribution >= 4 is 33.1 Å². The molecule has 1 unspecified atom stereocenters. The Morgan fingerprint density at radius 3 is 3.00 bits per heavy atom. The minimum Gasteiger partial charge on any atom is -0.366 e. The summed E-state index contributed by atoms with van der Waals surface area (Å²) in [5.41, 5.74) is 2.80. The fourth-order valence-electron chi connectivity index (χ4n) is 3.24. The molecule has 2 aromatic rings. The Balaban J connectivity index is 2.04. The lowest BCUT2D eigenvalue weighted by Crippen LogP contribution is -2.51. The molecule has 1 atom stereocenters. The third-order valence-electron chi connectivity index (χ3n) is 4.30. The second-order valence-corrected chi connectivity index (χ2v) is 7.07. The number of hydrogen-bond donors (Lipinski definition) is 1. The summed E-state index contributed by atoms with van der Waals surface area (Å²) in [6, 6.07) is 4.16. The molecule has 0 fully saturated rings. The van der Waals surface area contributed by atoms with Crippen molar-refractivity contribution in [1.29, 1.82) is 0 Å². The van der Waals surface area contributed by atoms with Crippen LogP contribution >= 0.6 is 11.3 Å². The van der Waals surface area contributed by atoms with Gasteiger partial charge in [-0.15, -0.1) is 11.3 Å². The van der Waals surface area contributed by atoms with Crippen LogP contribution in [-0.4, -0.2) is 35.0 Å². The Kier molecular flexibility index (Phi) is 3.16. The number of amides is 1. The number of hydrogen-bond acceptors (Lipinski definition) is 5. The van der Waals surface area contributed by atoms with Crippen molar-refractivity contribution in [3.05, 3.63) is 47.3 Å². The van der Waals surface area contributed by atoms with Crippen molar-refractivity contribution in [2.45, 2.75) is 26.1 Å². The number of allylic oxidation sites excluding steroid dienone is 2. The van der Waals surface area contributed by atoms with Gasteiger partial charge in [0.1, 0.15) is 16.6 Å². The molecule has 0 saturated heterocycles. The van der Waals surface area contributed by atoms with E-state index in [9.17, 15) is 4.79 Å². The van der Waals surface area contributed by atoms with Crippen molar-refractivity contribution in [3.63, 3.8) is 0 Å². The molecule has 1 N–H and O–H groups in total. The maximum absolute atomic E-state index is 13.0. The van der Waals surface area contributed by atoms with Gasteiger partial charge in [-0.1, -0.05) is 0 Å². The molecule has 23 heavy (non-hydrogen) atoms. The molecule has 118 valence electrons. The standard InChI is InChI=1S/C17H18N4OS/c1-10(2)21-14-13-12(7-5-8-18-13)23-15(14)17(22)20(3)11-6-4-9-19-16(11)21/h4-10,16,19H,1-3H3. The molecule has 4 heterocycles.